The first kappa shape index (κ1) is 13.7. The van der Waals surface area contributed by atoms with Crippen molar-refractivity contribution in [3.8, 4) is 0 Å². The van der Waals surface area contributed by atoms with Crippen molar-refractivity contribution in [1.29, 1.82) is 0 Å². The van der Waals surface area contributed by atoms with Crippen molar-refractivity contribution in [3.05, 3.63) is 27.7 Å². The molecule has 0 fully saturated rings. The van der Waals surface area contributed by atoms with Crippen molar-refractivity contribution >= 4 is 11.3 Å². The molecule has 0 aromatic carbocycles. The SMILES string of the molecule is Cc1csc(CNC(C)c2nnc3n2CCCCC3)n1. The summed E-state index contributed by atoms with van der Waals surface area (Å²) in [7, 11) is 0. The fraction of sp³-hybridized carbons (Fsp3) is 0.643. The van der Waals surface area contributed by atoms with Crippen LogP contribution in [0.2, 0.25) is 0 Å². The Kier molecular flexibility index (Phi) is 4.12. The summed E-state index contributed by atoms with van der Waals surface area (Å²) in [5.41, 5.74) is 1.09. The predicted molar refractivity (Wildman–Crippen MR) is 79.7 cm³/mol. The molecule has 0 saturated carbocycles. The Morgan fingerprint density at radius 1 is 1.35 bits per heavy atom. The Balaban J connectivity index is 1.68. The molecule has 108 valence electrons. The van der Waals surface area contributed by atoms with Crippen molar-refractivity contribution < 1.29 is 0 Å². The average Bonchev–Trinajstić information content (AvgIpc) is 2.96. The molecule has 3 rings (SSSR count). The molecular formula is C14H21N5S. The molecule has 0 spiro atoms. The molecule has 1 aliphatic heterocycles. The van der Waals surface area contributed by atoms with Crippen molar-refractivity contribution in [2.75, 3.05) is 0 Å². The molecule has 2 aromatic rings. The molecule has 0 bridgehead atoms. The molecule has 0 amide bonds. The van der Waals surface area contributed by atoms with E-state index in [1.807, 2.05) is 6.92 Å². The Hall–Kier alpha value is -1.27. The van der Waals surface area contributed by atoms with Crippen LogP contribution in [-0.2, 0) is 19.5 Å². The number of hydrogen-bond donors (Lipinski definition) is 1. The molecule has 1 aliphatic rings. The third-order valence-corrected chi connectivity index (χ3v) is 4.72. The number of nitrogens with zero attached hydrogens (tertiary/aromatic N) is 4. The van der Waals surface area contributed by atoms with E-state index in [1.54, 1.807) is 11.3 Å². The van der Waals surface area contributed by atoms with Gasteiger partial charge in [0, 0.05) is 30.6 Å². The van der Waals surface area contributed by atoms with E-state index in [9.17, 15) is 0 Å². The van der Waals surface area contributed by atoms with Crippen LogP contribution in [0.1, 0.15) is 54.6 Å². The van der Waals surface area contributed by atoms with Gasteiger partial charge in [-0.2, -0.15) is 0 Å². The predicted octanol–water partition coefficient (Wildman–Crippen LogP) is 2.62. The number of hydrogen-bond acceptors (Lipinski definition) is 5. The Morgan fingerprint density at radius 2 is 2.25 bits per heavy atom. The van der Waals surface area contributed by atoms with Gasteiger partial charge in [0.1, 0.15) is 16.7 Å². The van der Waals surface area contributed by atoms with E-state index in [1.165, 1.54) is 19.3 Å². The molecular weight excluding hydrogens is 270 g/mol. The summed E-state index contributed by atoms with van der Waals surface area (Å²) < 4.78 is 2.30. The van der Waals surface area contributed by atoms with Crippen LogP contribution in [0.25, 0.3) is 0 Å². The number of thiazole rings is 1. The lowest BCUT2D eigenvalue weighted by molar-refractivity contribution is 0.501. The van der Waals surface area contributed by atoms with Gasteiger partial charge in [-0.15, -0.1) is 21.5 Å². The molecule has 1 unspecified atom stereocenters. The van der Waals surface area contributed by atoms with Gasteiger partial charge in [0.2, 0.25) is 0 Å². The molecule has 6 heteroatoms. The standard InChI is InChI=1S/C14H21N5S/c1-10-9-20-13(16-10)8-15-11(2)14-18-17-12-6-4-3-5-7-19(12)14/h9,11,15H,3-8H2,1-2H3. The second-order valence-electron chi connectivity index (χ2n) is 5.42. The van der Waals surface area contributed by atoms with Gasteiger partial charge in [0.05, 0.1) is 6.04 Å². The highest BCUT2D eigenvalue weighted by molar-refractivity contribution is 7.09. The van der Waals surface area contributed by atoms with Crippen LogP contribution in [0.15, 0.2) is 5.38 Å². The first-order valence-electron chi connectivity index (χ1n) is 7.30. The topological polar surface area (TPSA) is 55.6 Å². The van der Waals surface area contributed by atoms with E-state index in [0.717, 1.165) is 41.9 Å². The van der Waals surface area contributed by atoms with E-state index in [0.29, 0.717) is 0 Å². The highest BCUT2D eigenvalue weighted by Gasteiger charge is 2.19. The van der Waals surface area contributed by atoms with Crippen LogP contribution in [0.4, 0.5) is 0 Å². The largest absolute Gasteiger partial charge is 0.314 e. The van der Waals surface area contributed by atoms with Gasteiger partial charge in [0.15, 0.2) is 0 Å². The summed E-state index contributed by atoms with van der Waals surface area (Å²) in [5, 5.41) is 15.5. The molecule has 2 aromatic heterocycles. The molecule has 1 N–H and O–H groups in total. The maximum Gasteiger partial charge on any atom is 0.149 e. The molecule has 5 nitrogen and oxygen atoms in total. The zero-order valence-electron chi connectivity index (χ0n) is 12.1. The monoisotopic (exact) mass is 291 g/mol. The van der Waals surface area contributed by atoms with Crippen molar-refractivity contribution in [1.82, 2.24) is 25.1 Å². The Bertz CT molecular complexity index is 574. The normalized spacial score (nSPS) is 16.7. The summed E-state index contributed by atoms with van der Waals surface area (Å²) in [6.45, 7) is 6.03. The van der Waals surface area contributed by atoms with E-state index >= 15 is 0 Å². The highest BCUT2D eigenvalue weighted by atomic mass is 32.1. The first-order chi connectivity index (χ1) is 9.74. The Morgan fingerprint density at radius 3 is 3.05 bits per heavy atom. The van der Waals surface area contributed by atoms with E-state index in [-0.39, 0.29) is 6.04 Å². The second-order valence-corrected chi connectivity index (χ2v) is 6.36. The van der Waals surface area contributed by atoms with Gasteiger partial charge in [-0.3, -0.25) is 0 Å². The van der Waals surface area contributed by atoms with Crippen LogP contribution in [0, 0.1) is 6.92 Å². The summed E-state index contributed by atoms with van der Waals surface area (Å²) >= 11 is 1.70. The average molecular weight is 291 g/mol. The fourth-order valence-electron chi connectivity index (χ4n) is 2.64. The van der Waals surface area contributed by atoms with Crippen LogP contribution in [0.3, 0.4) is 0 Å². The van der Waals surface area contributed by atoms with Crippen LogP contribution in [-0.4, -0.2) is 19.7 Å². The van der Waals surface area contributed by atoms with Gasteiger partial charge < -0.3 is 9.88 Å². The second kappa shape index (κ2) is 6.01. The molecule has 0 saturated heterocycles. The number of aryl methyl sites for hydroxylation is 2. The molecule has 3 heterocycles. The molecule has 1 atom stereocenters. The maximum atomic E-state index is 4.48. The number of nitrogens with one attached hydrogen (secondary N) is 1. The van der Waals surface area contributed by atoms with Gasteiger partial charge >= 0.3 is 0 Å². The van der Waals surface area contributed by atoms with Crippen LogP contribution >= 0.6 is 11.3 Å². The van der Waals surface area contributed by atoms with Crippen molar-refractivity contribution in [2.24, 2.45) is 0 Å². The summed E-state index contributed by atoms with van der Waals surface area (Å²) in [6, 6.07) is 0.207. The van der Waals surface area contributed by atoms with E-state index < -0.39 is 0 Å². The molecule has 20 heavy (non-hydrogen) atoms. The lowest BCUT2D eigenvalue weighted by Crippen LogP contribution is -2.22. The lowest BCUT2D eigenvalue weighted by atomic mass is 10.2. The minimum Gasteiger partial charge on any atom is -0.314 e. The summed E-state index contributed by atoms with van der Waals surface area (Å²) in [6.07, 6.45) is 4.82. The van der Waals surface area contributed by atoms with Crippen molar-refractivity contribution in [2.45, 2.75) is 58.7 Å². The fourth-order valence-corrected chi connectivity index (χ4v) is 3.37. The lowest BCUT2D eigenvalue weighted by Gasteiger charge is -2.14. The molecule has 0 radical (unpaired) electrons. The number of fused-ring (bicyclic) bond motifs is 1. The summed E-state index contributed by atoms with van der Waals surface area (Å²) in [5.74, 6) is 2.21. The number of rotatable bonds is 4. The minimum atomic E-state index is 0.207. The van der Waals surface area contributed by atoms with Gasteiger partial charge in [-0.1, -0.05) is 6.42 Å². The van der Waals surface area contributed by atoms with Crippen LogP contribution < -0.4 is 5.32 Å². The van der Waals surface area contributed by atoms with Gasteiger partial charge in [-0.25, -0.2) is 4.98 Å². The van der Waals surface area contributed by atoms with Gasteiger partial charge in [0.25, 0.3) is 0 Å². The van der Waals surface area contributed by atoms with Crippen molar-refractivity contribution in [3.63, 3.8) is 0 Å². The maximum absolute atomic E-state index is 4.48. The zero-order valence-corrected chi connectivity index (χ0v) is 12.9. The quantitative estimate of drug-likeness (QED) is 0.941. The minimum absolute atomic E-state index is 0.207. The third kappa shape index (κ3) is 2.91. The van der Waals surface area contributed by atoms with E-state index in [2.05, 4.69) is 37.4 Å². The van der Waals surface area contributed by atoms with Crippen LogP contribution in [0.5, 0.6) is 0 Å². The third-order valence-electron chi connectivity index (χ3n) is 3.75. The summed E-state index contributed by atoms with van der Waals surface area (Å²) in [4.78, 5) is 4.48. The first-order valence-corrected chi connectivity index (χ1v) is 8.18. The van der Waals surface area contributed by atoms with E-state index in [4.69, 9.17) is 0 Å². The highest BCUT2D eigenvalue weighted by Crippen LogP contribution is 2.19. The smallest absolute Gasteiger partial charge is 0.149 e. The molecule has 0 aliphatic carbocycles. The Labute approximate surface area is 123 Å². The zero-order chi connectivity index (χ0) is 13.9. The number of aromatic nitrogens is 4. The van der Waals surface area contributed by atoms with Gasteiger partial charge in [-0.05, 0) is 26.7 Å².